The van der Waals surface area contributed by atoms with E-state index in [4.69, 9.17) is 10.5 Å². The third kappa shape index (κ3) is 3.27. The second-order valence-corrected chi connectivity index (χ2v) is 4.43. The number of ether oxygens (including phenoxy) is 1. The molecule has 1 fully saturated rings. The molecule has 5 heteroatoms. The predicted octanol–water partition coefficient (Wildman–Crippen LogP) is 1.12. The van der Waals surface area contributed by atoms with Crippen LogP contribution in [0.4, 0.5) is 4.39 Å². The van der Waals surface area contributed by atoms with Gasteiger partial charge in [0.1, 0.15) is 11.9 Å². The molecule has 0 bridgehead atoms. The van der Waals surface area contributed by atoms with Gasteiger partial charge in [-0.05, 0) is 30.5 Å². The van der Waals surface area contributed by atoms with Gasteiger partial charge >= 0.3 is 0 Å². The zero-order chi connectivity index (χ0) is 13.0. The fourth-order valence-electron chi connectivity index (χ4n) is 2.12. The number of halogens is 1. The van der Waals surface area contributed by atoms with Crippen molar-refractivity contribution in [2.45, 2.75) is 25.0 Å². The normalized spacial score (nSPS) is 20.8. The highest BCUT2D eigenvalue weighted by atomic mass is 19.1. The highest BCUT2D eigenvalue weighted by Gasteiger charge is 2.21. The zero-order valence-corrected chi connectivity index (χ0v) is 10.1. The van der Waals surface area contributed by atoms with Gasteiger partial charge in [0.15, 0.2) is 0 Å². The molecule has 1 aromatic carbocycles. The summed E-state index contributed by atoms with van der Waals surface area (Å²) >= 11 is 0. The molecular formula is C13H17FN2O2. The lowest BCUT2D eigenvalue weighted by atomic mass is 10.1. The van der Waals surface area contributed by atoms with Gasteiger partial charge in [-0.1, -0.05) is 12.1 Å². The first-order valence-corrected chi connectivity index (χ1v) is 6.06. The molecule has 1 saturated heterocycles. The van der Waals surface area contributed by atoms with Gasteiger partial charge in [0.25, 0.3) is 0 Å². The standard InChI is InChI=1S/C13H17FN2O2/c14-10-4-1-3-9(7-10)12(13(15)17)16-8-11-5-2-6-18-11/h1,3-4,7,11-12,16H,2,5-6,8H2,(H2,15,17). The Kier molecular flexibility index (Phi) is 4.28. The molecule has 2 atom stereocenters. The van der Waals surface area contributed by atoms with E-state index in [0.717, 1.165) is 19.4 Å². The lowest BCUT2D eigenvalue weighted by molar-refractivity contribution is -0.120. The van der Waals surface area contributed by atoms with E-state index in [1.165, 1.54) is 12.1 Å². The summed E-state index contributed by atoms with van der Waals surface area (Å²) in [6, 6.07) is 5.22. The molecule has 1 aliphatic heterocycles. The first-order valence-electron chi connectivity index (χ1n) is 6.06. The molecule has 2 unspecified atom stereocenters. The molecule has 1 amide bonds. The minimum atomic E-state index is -0.676. The topological polar surface area (TPSA) is 64.4 Å². The van der Waals surface area contributed by atoms with Crippen molar-refractivity contribution >= 4 is 5.91 Å². The Morgan fingerprint density at radius 1 is 1.61 bits per heavy atom. The molecule has 1 aromatic rings. The number of primary amides is 1. The quantitative estimate of drug-likeness (QED) is 0.825. The largest absolute Gasteiger partial charge is 0.377 e. The molecule has 1 heterocycles. The van der Waals surface area contributed by atoms with Gasteiger partial charge in [-0.15, -0.1) is 0 Å². The van der Waals surface area contributed by atoms with Crippen LogP contribution in [0.1, 0.15) is 24.4 Å². The number of carbonyl (C=O) groups excluding carboxylic acids is 1. The number of nitrogens with two attached hydrogens (primary N) is 1. The van der Waals surface area contributed by atoms with Crippen LogP contribution in [0.15, 0.2) is 24.3 Å². The van der Waals surface area contributed by atoms with Crippen molar-refractivity contribution in [3.05, 3.63) is 35.6 Å². The minimum absolute atomic E-state index is 0.111. The Bertz CT molecular complexity index is 419. The van der Waals surface area contributed by atoms with Gasteiger partial charge in [0, 0.05) is 13.2 Å². The van der Waals surface area contributed by atoms with Crippen molar-refractivity contribution in [1.82, 2.24) is 5.32 Å². The van der Waals surface area contributed by atoms with Crippen molar-refractivity contribution in [2.24, 2.45) is 5.73 Å². The monoisotopic (exact) mass is 252 g/mol. The van der Waals surface area contributed by atoms with Crippen molar-refractivity contribution in [3.63, 3.8) is 0 Å². The molecule has 4 nitrogen and oxygen atoms in total. The molecule has 1 aliphatic rings. The Labute approximate surface area is 105 Å². The number of amides is 1. The number of hydrogen-bond acceptors (Lipinski definition) is 3. The Balaban J connectivity index is 2.01. The minimum Gasteiger partial charge on any atom is -0.377 e. The van der Waals surface area contributed by atoms with Crippen molar-refractivity contribution in [2.75, 3.05) is 13.2 Å². The van der Waals surface area contributed by atoms with Crippen LogP contribution >= 0.6 is 0 Å². The van der Waals surface area contributed by atoms with E-state index in [0.29, 0.717) is 12.1 Å². The number of nitrogens with one attached hydrogen (secondary N) is 1. The Morgan fingerprint density at radius 2 is 2.44 bits per heavy atom. The predicted molar refractivity (Wildman–Crippen MR) is 65.3 cm³/mol. The molecule has 0 spiro atoms. The van der Waals surface area contributed by atoms with Crippen molar-refractivity contribution in [3.8, 4) is 0 Å². The van der Waals surface area contributed by atoms with Gasteiger partial charge in [-0.25, -0.2) is 4.39 Å². The van der Waals surface area contributed by atoms with Crippen LogP contribution in [0.5, 0.6) is 0 Å². The van der Waals surface area contributed by atoms with Gasteiger partial charge < -0.3 is 10.5 Å². The van der Waals surface area contributed by atoms with E-state index in [2.05, 4.69) is 5.32 Å². The summed E-state index contributed by atoms with van der Waals surface area (Å²) in [5, 5.41) is 3.04. The molecule has 0 aromatic heterocycles. The van der Waals surface area contributed by atoms with Crippen LogP contribution in [0.3, 0.4) is 0 Å². The SMILES string of the molecule is NC(=O)C(NCC1CCCO1)c1cccc(F)c1. The number of carbonyl (C=O) groups is 1. The summed E-state index contributed by atoms with van der Waals surface area (Å²) in [6.07, 6.45) is 2.12. The lowest BCUT2D eigenvalue weighted by Crippen LogP contribution is -2.37. The molecule has 0 aliphatic carbocycles. The highest BCUT2D eigenvalue weighted by Crippen LogP contribution is 2.16. The van der Waals surface area contributed by atoms with Gasteiger partial charge in [-0.3, -0.25) is 10.1 Å². The fraction of sp³-hybridized carbons (Fsp3) is 0.462. The molecule has 3 N–H and O–H groups in total. The second-order valence-electron chi connectivity index (χ2n) is 4.43. The third-order valence-corrected chi connectivity index (χ3v) is 3.04. The summed E-state index contributed by atoms with van der Waals surface area (Å²) in [5.74, 6) is -0.892. The van der Waals surface area contributed by atoms with E-state index in [1.807, 2.05) is 0 Å². The average molecular weight is 252 g/mol. The van der Waals surface area contributed by atoms with Crippen LogP contribution in [-0.4, -0.2) is 25.2 Å². The maximum atomic E-state index is 13.1. The van der Waals surface area contributed by atoms with Gasteiger partial charge in [0.05, 0.1) is 6.10 Å². The summed E-state index contributed by atoms with van der Waals surface area (Å²) < 4.78 is 18.6. The molecule has 18 heavy (non-hydrogen) atoms. The smallest absolute Gasteiger partial charge is 0.239 e. The number of benzene rings is 1. The maximum Gasteiger partial charge on any atom is 0.239 e. The van der Waals surface area contributed by atoms with Crippen LogP contribution in [-0.2, 0) is 9.53 Å². The summed E-state index contributed by atoms with van der Waals surface area (Å²) in [4.78, 5) is 11.4. The molecular weight excluding hydrogens is 235 g/mol. The first kappa shape index (κ1) is 13.0. The second kappa shape index (κ2) is 5.93. The zero-order valence-electron chi connectivity index (χ0n) is 10.1. The molecule has 0 saturated carbocycles. The maximum absolute atomic E-state index is 13.1. The van der Waals surface area contributed by atoms with Crippen molar-refractivity contribution < 1.29 is 13.9 Å². The van der Waals surface area contributed by atoms with Gasteiger partial charge in [-0.2, -0.15) is 0 Å². The average Bonchev–Trinajstić information content (AvgIpc) is 2.82. The van der Waals surface area contributed by atoms with E-state index in [1.54, 1.807) is 12.1 Å². The lowest BCUT2D eigenvalue weighted by Gasteiger charge is -2.18. The van der Waals surface area contributed by atoms with Crippen LogP contribution in [0, 0.1) is 5.82 Å². The third-order valence-electron chi connectivity index (χ3n) is 3.04. The summed E-state index contributed by atoms with van der Waals surface area (Å²) in [5.41, 5.74) is 5.88. The van der Waals surface area contributed by atoms with Crippen molar-refractivity contribution in [1.29, 1.82) is 0 Å². The number of rotatable bonds is 5. The van der Waals surface area contributed by atoms with E-state index < -0.39 is 11.9 Å². The van der Waals surface area contributed by atoms with E-state index in [9.17, 15) is 9.18 Å². The van der Waals surface area contributed by atoms with E-state index in [-0.39, 0.29) is 11.9 Å². The van der Waals surface area contributed by atoms with E-state index >= 15 is 0 Å². The summed E-state index contributed by atoms with van der Waals surface area (Å²) in [6.45, 7) is 1.30. The molecule has 0 radical (unpaired) electrons. The van der Waals surface area contributed by atoms with Crippen LogP contribution < -0.4 is 11.1 Å². The van der Waals surface area contributed by atoms with Crippen LogP contribution in [0.2, 0.25) is 0 Å². The van der Waals surface area contributed by atoms with Crippen LogP contribution in [0.25, 0.3) is 0 Å². The Morgan fingerprint density at radius 3 is 3.06 bits per heavy atom. The Hall–Kier alpha value is -1.46. The summed E-state index contributed by atoms with van der Waals surface area (Å²) in [7, 11) is 0. The molecule has 98 valence electrons. The highest BCUT2D eigenvalue weighted by molar-refractivity contribution is 5.81. The van der Waals surface area contributed by atoms with Gasteiger partial charge in [0.2, 0.25) is 5.91 Å². The molecule has 2 rings (SSSR count). The first-order chi connectivity index (χ1) is 8.66. The fourth-order valence-corrected chi connectivity index (χ4v) is 2.12. The number of hydrogen-bond donors (Lipinski definition) is 2.